The summed E-state index contributed by atoms with van der Waals surface area (Å²) in [6.45, 7) is 7.19. The largest absolute Gasteiger partial charge is 0.756 e. The van der Waals surface area contributed by atoms with Gasteiger partial charge >= 0.3 is 0 Å². The molecule has 0 aromatic rings. The highest BCUT2D eigenvalue weighted by molar-refractivity contribution is 7.93. The number of unbranched alkanes of at least 4 members (excludes halogenated alkanes) is 12. The Morgan fingerprint density at radius 3 is 1.71 bits per heavy atom. The molecule has 0 rings (SSSR count). The zero-order chi connectivity index (χ0) is 29.3. The highest BCUT2D eigenvalue weighted by atomic mass is 32.2. The average Bonchev–Trinajstić information content (AvgIpc) is 2.82. The summed E-state index contributed by atoms with van der Waals surface area (Å²) in [5.74, 6) is 0. The molecule has 0 aromatic heterocycles. The Balaban J connectivity index is 4.79. The summed E-state index contributed by atoms with van der Waals surface area (Å²) in [7, 11) is -1.85. The Hall–Kier alpha value is -0.0200. The van der Waals surface area contributed by atoms with Crippen LogP contribution in [-0.2, 0) is 28.2 Å². The minimum Gasteiger partial charge on any atom is -0.756 e. The summed E-state index contributed by atoms with van der Waals surface area (Å²) in [5.41, 5.74) is 0. The van der Waals surface area contributed by atoms with Gasteiger partial charge < -0.3 is 18.6 Å². The van der Waals surface area contributed by atoms with Gasteiger partial charge in [-0.25, -0.2) is 8.42 Å². The predicted octanol–water partition coefficient (Wildman–Crippen LogP) is 6.62. The maximum absolute atomic E-state index is 13.7. The summed E-state index contributed by atoms with van der Waals surface area (Å²) < 4.78 is 56.2. The van der Waals surface area contributed by atoms with Gasteiger partial charge in [0.05, 0.1) is 32.5 Å². The first kappa shape index (κ1) is 38.0. The van der Waals surface area contributed by atoms with Crippen LogP contribution in [0.4, 0.5) is 0 Å². The standard InChI is InChI=1S/C28H60NO7PS/c1-9-11-12-13-14-15-16-17-18-19-20-21-22-23-27(10-2)38(32,33)28(4,26(3)34-8)36-37(30,31)35-25-24-29(5,6)7/h26-27H,9-25H2,1-8H3. The van der Waals surface area contributed by atoms with E-state index in [9.17, 15) is 17.9 Å². The molecule has 0 radical (unpaired) electrons. The maximum Gasteiger partial charge on any atom is 0.269 e. The van der Waals surface area contributed by atoms with Crippen LogP contribution in [0, 0.1) is 0 Å². The number of phosphoric acid groups is 1. The molecule has 0 fully saturated rings. The van der Waals surface area contributed by atoms with Crippen molar-refractivity contribution in [1.82, 2.24) is 0 Å². The molecule has 0 bridgehead atoms. The van der Waals surface area contributed by atoms with E-state index in [1.807, 2.05) is 28.1 Å². The molecule has 0 aromatic carbocycles. The smallest absolute Gasteiger partial charge is 0.269 e. The predicted molar refractivity (Wildman–Crippen MR) is 156 cm³/mol. The molecule has 0 aliphatic carbocycles. The Labute approximate surface area is 235 Å². The molecular weight excluding hydrogens is 525 g/mol. The van der Waals surface area contributed by atoms with Crippen LogP contribution in [0.2, 0.25) is 0 Å². The monoisotopic (exact) mass is 585 g/mol. The van der Waals surface area contributed by atoms with Gasteiger partial charge in [0.2, 0.25) is 0 Å². The van der Waals surface area contributed by atoms with Gasteiger partial charge in [-0.1, -0.05) is 97.3 Å². The number of methoxy groups -OCH3 is 1. The lowest BCUT2D eigenvalue weighted by Gasteiger charge is -2.40. The quantitative estimate of drug-likeness (QED) is 0.0674. The second kappa shape index (κ2) is 19.2. The zero-order valence-corrected chi connectivity index (χ0v) is 27.5. The molecule has 0 saturated carbocycles. The van der Waals surface area contributed by atoms with Crippen molar-refractivity contribution < 1.29 is 36.1 Å². The Morgan fingerprint density at radius 1 is 0.868 bits per heavy atom. The van der Waals surface area contributed by atoms with Crippen molar-refractivity contribution in [2.45, 2.75) is 140 Å². The van der Waals surface area contributed by atoms with E-state index in [1.54, 1.807) is 0 Å². The topological polar surface area (TPSA) is 102 Å². The number of quaternary nitrogens is 1. The second-order valence-electron chi connectivity index (χ2n) is 11.9. The minimum absolute atomic E-state index is 0.0993. The number of ether oxygens (including phenoxy) is 1. The van der Waals surface area contributed by atoms with Crippen molar-refractivity contribution >= 4 is 17.7 Å². The number of nitrogens with zero attached hydrogens (tertiary/aromatic N) is 1. The van der Waals surface area contributed by atoms with E-state index in [-0.39, 0.29) is 6.61 Å². The van der Waals surface area contributed by atoms with Crippen molar-refractivity contribution in [3.8, 4) is 0 Å². The fourth-order valence-corrected chi connectivity index (χ4v) is 8.32. The van der Waals surface area contributed by atoms with Crippen LogP contribution in [0.25, 0.3) is 0 Å². The molecule has 0 spiro atoms. The Bertz CT molecular complexity index is 757. The van der Waals surface area contributed by atoms with Gasteiger partial charge in [-0.3, -0.25) is 9.09 Å². The summed E-state index contributed by atoms with van der Waals surface area (Å²) in [5, 5.41) is -0.718. The normalized spacial score (nSPS) is 17.6. The van der Waals surface area contributed by atoms with Gasteiger partial charge in [-0.05, 0) is 26.7 Å². The minimum atomic E-state index is -4.89. The van der Waals surface area contributed by atoms with Gasteiger partial charge in [0.25, 0.3) is 7.82 Å². The summed E-state index contributed by atoms with van der Waals surface area (Å²) in [6, 6.07) is 0. The average molecular weight is 586 g/mol. The van der Waals surface area contributed by atoms with E-state index < -0.39 is 33.9 Å². The Kier molecular flexibility index (Phi) is 19.2. The van der Waals surface area contributed by atoms with Gasteiger partial charge in [-0.2, -0.15) is 0 Å². The highest BCUT2D eigenvalue weighted by Crippen LogP contribution is 2.48. The molecule has 230 valence electrons. The van der Waals surface area contributed by atoms with Crippen LogP contribution in [0.1, 0.15) is 124 Å². The molecule has 38 heavy (non-hydrogen) atoms. The molecule has 0 aliphatic heterocycles. The molecule has 0 N–H and O–H groups in total. The lowest BCUT2D eigenvalue weighted by atomic mass is 10.0. The van der Waals surface area contributed by atoms with Crippen LogP contribution in [-0.4, -0.2) is 70.6 Å². The van der Waals surface area contributed by atoms with E-state index in [0.717, 1.165) is 19.3 Å². The summed E-state index contributed by atoms with van der Waals surface area (Å²) >= 11 is 0. The lowest BCUT2D eigenvalue weighted by molar-refractivity contribution is -0.870. The molecule has 0 amide bonds. The molecule has 0 saturated heterocycles. The van der Waals surface area contributed by atoms with Gasteiger partial charge in [-0.15, -0.1) is 0 Å². The van der Waals surface area contributed by atoms with E-state index in [0.29, 0.717) is 23.9 Å². The first-order chi connectivity index (χ1) is 17.7. The lowest BCUT2D eigenvalue weighted by Crippen LogP contribution is -2.52. The van der Waals surface area contributed by atoms with Crippen LogP contribution in [0.5, 0.6) is 0 Å². The molecule has 8 nitrogen and oxygen atoms in total. The molecule has 0 heterocycles. The second-order valence-corrected chi connectivity index (χ2v) is 15.8. The van der Waals surface area contributed by atoms with Crippen molar-refractivity contribution in [2.24, 2.45) is 0 Å². The number of likely N-dealkylation sites (N-methyl/N-ethyl adjacent to an activating group) is 1. The van der Waals surface area contributed by atoms with Crippen molar-refractivity contribution in [3.63, 3.8) is 0 Å². The number of rotatable bonds is 25. The first-order valence-corrected chi connectivity index (χ1v) is 17.9. The Morgan fingerprint density at radius 2 is 1.32 bits per heavy atom. The van der Waals surface area contributed by atoms with E-state index in [1.165, 1.54) is 85.2 Å². The number of hydrogen-bond acceptors (Lipinski definition) is 7. The first-order valence-electron chi connectivity index (χ1n) is 14.9. The highest BCUT2D eigenvalue weighted by Gasteiger charge is 2.51. The zero-order valence-electron chi connectivity index (χ0n) is 25.8. The van der Waals surface area contributed by atoms with Crippen LogP contribution >= 0.6 is 7.82 Å². The molecule has 10 heteroatoms. The van der Waals surface area contributed by atoms with Gasteiger partial charge in [0, 0.05) is 7.11 Å². The molecule has 4 atom stereocenters. The van der Waals surface area contributed by atoms with Crippen molar-refractivity contribution in [1.29, 1.82) is 0 Å². The fourth-order valence-electron chi connectivity index (χ4n) is 4.55. The third kappa shape index (κ3) is 15.1. The summed E-state index contributed by atoms with van der Waals surface area (Å²) in [6.07, 6.45) is 15.7. The summed E-state index contributed by atoms with van der Waals surface area (Å²) in [4.78, 5) is 10.6. The third-order valence-electron chi connectivity index (χ3n) is 7.49. The van der Waals surface area contributed by atoms with Crippen LogP contribution in [0.15, 0.2) is 0 Å². The molecule has 4 unspecified atom stereocenters. The van der Waals surface area contributed by atoms with Crippen LogP contribution in [0.3, 0.4) is 0 Å². The SMILES string of the molecule is CCCCCCCCCCCCCCCC(CC)S(=O)(=O)C(C)(OP(=O)([O-])OCC[N+](C)(C)C)C(C)OC. The van der Waals surface area contributed by atoms with Crippen molar-refractivity contribution in [2.75, 3.05) is 41.4 Å². The maximum atomic E-state index is 13.7. The van der Waals surface area contributed by atoms with Crippen molar-refractivity contribution in [3.05, 3.63) is 0 Å². The number of sulfone groups is 1. The van der Waals surface area contributed by atoms with E-state index in [4.69, 9.17) is 13.8 Å². The van der Waals surface area contributed by atoms with Gasteiger partial charge in [0.15, 0.2) is 14.8 Å². The third-order valence-corrected chi connectivity index (χ3v) is 11.7. The molecule has 0 aliphatic rings. The van der Waals surface area contributed by atoms with E-state index in [2.05, 4.69) is 6.92 Å². The molecular formula is C28H60NO7PS. The number of hydrogen-bond donors (Lipinski definition) is 0. The van der Waals surface area contributed by atoms with Gasteiger partial charge in [0.1, 0.15) is 13.2 Å². The van der Waals surface area contributed by atoms with Crippen LogP contribution < -0.4 is 4.89 Å². The van der Waals surface area contributed by atoms with E-state index >= 15 is 0 Å². The fraction of sp³-hybridized carbons (Fsp3) is 1.00. The number of phosphoric ester groups is 1.